The molecule has 0 aromatic heterocycles. The maximum atomic E-state index is 11.8. The lowest BCUT2D eigenvalue weighted by Crippen LogP contribution is -2.55. The Morgan fingerprint density at radius 3 is 2.81 bits per heavy atom. The van der Waals surface area contributed by atoms with Crippen molar-refractivity contribution in [2.24, 2.45) is 11.8 Å². The predicted molar refractivity (Wildman–Crippen MR) is 85.5 cm³/mol. The fourth-order valence-corrected chi connectivity index (χ4v) is 4.26. The summed E-state index contributed by atoms with van der Waals surface area (Å²) in [6.45, 7) is 8.55. The first kappa shape index (κ1) is 16.8. The van der Waals surface area contributed by atoms with E-state index in [-0.39, 0.29) is 5.92 Å². The van der Waals surface area contributed by atoms with E-state index in [4.69, 9.17) is 0 Å². The molecule has 1 saturated heterocycles. The highest BCUT2D eigenvalue weighted by molar-refractivity contribution is 5.79. The third-order valence-corrected chi connectivity index (χ3v) is 5.60. The molecule has 2 fully saturated rings. The highest BCUT2D eigenvalue weighted by Crippen LogP contribution is 2.38. The molecule has 0 aromatic rings. The van der Waals surface area contributed by atoms with Crippen LogP contribution in [0.4, 0.5) is 0 Å². The van der Waals surface area contributed by atoms with E-state index < -0.39 is 11.5 Å². The Morgan fingerprint density at radius 1 is 1.29 bits per heavy atom. The molecule has 1 aliphatic carbocycles. The molecular formula is C17H32N2O2. The zero-order chi connectivity index (χ0) is 15.3. The number of hydrogen-bond donors (Lipinski definition) is 2. The van der Waals surface area contributed by atoms with E-state index in [1.54, 1.807) is 0 Å². The number of carboxylic acid groups (broad SMARTS) is 1. The number of carboxylic acids is 1. The van der Waals surface area contributed by atoms with Crippen molar-refractivity contribution in [2.75, 3.05) is 26.2 Å². The summed E-state index contributed by atoms with van der Waals surface area (Å²) in [5.41, 5.74) is -0.659. The fourth-order valence-electron chi connectivity index (χ4n) is 4.26. The van der Waals surface area contributed by atoms with E-state index in [1.807, 2.05) is 6.92 Å². The molecule has 4 heteroatoms. The molecule has 1 heterocycles. The number of nitrogens with one attached hydrogen (secondary N) is 1. The third kappa shape index (κ3) is 3.98. The SMILES string of the molecule is CCNC1(C(=O)O)CCCC1CCN1CCCC(C)CC1. The molecule has 3 unspecified atom stereocenters. The van der Waals surface area contributed by atoms with Crippen molar-refractivity contribution in [1.82, 2.24) is 10.2 Å². The van der Waals surface area contributed by atoms with Gasteiger partial charge in [0.25, 0.3) is 0 Å². The van der Waals surface area contributed by atoms with Crippen LogP contribution < -0.4 is 5.32 Å². The summed E-state index contributed by atoms with van der Waals surface area (Å²) in [6.07, 6.45) is 7.84. The van der Waals surface area contributed by atoms with Crippen LogP contribution in [0, 0.1) is 11.8 Å². The van der Waals surface area contributed by atoms with Crippen LogP contribution in [0.15, 0.2) is 0 Å². The number of likely N-dealkylation sites (tertiary alicyclic amines) is 1. The monoisotopic (exact) mass is 296 g/mol. The van der Waals surface area contributed by atoms with Gasteiger partial charge in [0.15, 0.2) is 0 Å². The minimum absolute atomic E-state index is 0.288. The lowest BCUT2D eigenvalue weighted by Gasteiger charge is -2.33. The molecule has 2 aliphatic rings. The van der Waals surface area contributed by atoms with Crippen LogP contribution in [0.5, 0.6) is 0 Å². The van der Waals surface area contributed by atoms with E-state index in [1.165, 1.54) is 32.4 Å². The Labute approximate surface area is 129 Å². The average Bonchev–Trinajstić information content (AvgIpc) is 2.74. The highest BCUT2D eigenvalue weighted by atomic mass is 16.4. The first-order chi connectivity index (χ1) is 10.1. The van der Waals surface area contributed by atoms with Crippen molar-refractivity contribution in [3.05, 3.63) is 0 Å². The lowest BCUT2D eigenvalue weighted by molar-refractivity contribution is -0.146. The van der Waals surface area contributed by atoms with Crippen LogP contribution in [-0.4, -0.2) is 47.7 Å². The molecule has 0 radical (unpaired) electrons. The molecule has 4 nitrogen and oxygen atoms in total. The molecule has 2 rings (SSSR count). The largest absolute Gasteiger partial charge is 0.480 e. The molecule has 1 aliphatic heterocycles. The van der Waals surface area contributed by atoms with Gasteiger partial charge in [-0.05, 0) is 76.5 Å². The van der Waals surface area contributed by atoms with Crippen LogP contribution in [-0.2, 0) is 4.79 Å². The maximum absolute atomic E-state index is 11.8. The van der Waals surface area contributed by atoms with Gasteiger partial charge in [-0.15, -0.1) is 0 Å². The van der Waals surface area contributed by atoms with Gasteiger partial charge in [0.1, 0.15) is 5.54 Å². The quantitative estimate of drug-likeness (QED) is 0.791. The average molecular weight is 296 g/mol. The normalized spacial score (nSPS) is 34.8. The highest BCUT2D eigenvalue weighted by Gasteiger charge is 2.48. The molecule has 0 spiro atoms. The summed E-state index contributed by atoms with van der Waals surface area (Å²) >= 11 is 0. The number of likely N-dealkylation sites (N-methyl/N-ethyl adjacent to an activating group) is 1. The summed E-state index contributed by atoms with van der Waals surface area (Å²) in [5.74, 6) is 0.494. The van der Waals surface area contributed by atoms with Gasteiger partial charge in [0.2, 0.25) is 0 Å². The van der Waals surface area contributed by atoms with Crippen molar-refractivity contribution < 1.29 is 9.90 Å². The van der Waals surface area contributed by atoms with Crippen LogP contribution in [0.25, 0.3) is 0 Å². The van der Waals surface area contributed by atoms with Crippen molar-refractivity contribution >= 4 is 5.97 Å². The first-order valence-corrected chi connectivity index (χ1v) is 8.79. The van der Waals surface area contributed by atoms with Crippen molar-refractivity contribution in [3.63, 3.8) is 0 Å². The number of rotatable bonds is 6. The second kappa shape index (κ2) is 7.59. The molecule has 0 bridgehead atoms. The Morgan fingerprint density at radius 2 is 2.10 bits per heavy atom. The molecule has 1 saturated carbocycles. The van der Waals surface area contributed by atoms with Gasteiger partial charge in [0, 0.05) is 0 Å². The number of nitrogens with zero attached hydrogens (tertiary/aromatic N) is 1. The minimum atomic E-state index is -0.659. The van der Waals surface area contributed by atoms with E-state index in [9.17, 15) is 9.90 Å². The summed E-state index contributed by atoms with van der Waals surface area (Å²) in [7, 11) is 0. The number of hydrogen-bond acceptors (Lipinski definition) is 3. The van der Waals surface area contributed by atoms with Crippen LogP contribution in [0.2, 0.25) is 0 Å². The van der Waals surface area contributed by atoms with Gasteiger partial charge in [0.05, 0.1) is 0 Å². The Bertz CT molecular complexity index is 348. The van der Waals surface area contributed by atoms with Crippen LogP contribution >= 0.6 is 0 Å². The van der Waals surface area contributed by atoms with Gasteiger partial charge >= 0.3 is 5.97 Å². The van der Waals surface area contributed by atoms with Gasteiger partial charge in [-0.25, -0.2) is 0 Å². The van der Waals surface area contributed by atoms with Crippen molar-refractivity contribution in [3.8, 4) is 0 Å². The minimum Gasteiger partial charge on any atom is -0.480 e. The Hall–Kier alpha value is -0.610. The van der Waals surface area contributed by atoms with E-state index in [2.05, 4.69) is 17.1 Å². The first-order valence-electron chi connectivity index (χ1n) is 8.79. The summed E-state index contributed by atoms with van der Waals surface area (Å²) < 4.78 is 0. The van der Waals surface area contributed by atoms with E-state index in [0.717, 1.165) is 44.7 Å². The summed E-state index contributed by atoms with van der Waals surface area (Å²) in [4.78, 5) is 14.4. The zero-order valence-corrected chi connectivity index (χ0v) is 13.7. The number of aliphatic carboxylic acids is 1. The maximum Gasteiger partial charge on any atom is 0.324 e. The molecule has 21 heavy (non-hydrogen) atoms. The molecular weight excluding hydrogens is 264 g/mol. The lowest BCUT2D eigenvalue weighted by atomic mass is 9.84. The molecule has 122 valence electrons. The van der Waals surface area contributed by atoms with Gasteiger partial charge in [-0.1, -0.05) is 20.3 Å². The predicted octanol–water partition coefficient (Wildman–Crippen LogP) is 2.73. The summed E-state index contributed by atoms with van der Waals surface area (Å²) in [6, 6.07) is 0. The standard InChI is InChI=1S/C17H32N2O2/c1-3-18-17(16(20)21)10-4-7-15(17)9-13-19-11-5-6-14(2)8-12-19/h14-15,18H,3-13H2,1-2H3,(H,20,21). The molecule has 2 N–H and O–H groups in total. The van der Waals surface area contributed by atoms with E-state index in [0.29, 0.717) is 0 Å². The van der Waals surface area contributed by atoms with Crippen molar-refractivity contribution in [2.45, 2.75) is 64.3 Å². The van der Waals surface area contributed by atoms with Crippen LogP contribution in [0.3, 0.4) is 0 Å². The van der Waals surface area contributed by atoms with Gasteiger partial charge in [-0.3, -0.25) is 4.79 Å². The second-order valence-corrected chi connectivity index (χ2v) is 7.06. The summed E-state index contributed by atoms with van der Waals surface area (Å²) in [5, 5.41) is 13.0. The molecule has 0 amide bonds. The van der Waals surface area contributed by atoms with Gasteiger partial charge < -0.3 is 15.3 Å². The molecule has 0 aromatic carbocycles. The smallest absolute Gasteiger partial charge is 0.324 e. The Balaban J connectivity index is 1.90. The topological polar surface area (TPSA) is 52.6 Å². The number of carbonyl (C=O) groups is 1. The van der Waals surface area contributed by atoms with E-state index >= 15 is 0 Å². The molecule has 3 atom stereocenters. The second-order valence-electron chi connectivity index (χ2n) is 7.06. The van der Waals surface area contributed by atoms with Crippen LogP contribution in [0.1, 0.15) is 58.8 Å². The fraction of sp³-hybridized carbons (Fsp3) is 0.941. The zero-order valence-electron chi connectivity index (χ0n) is 13.7. The van der Waals surface area contributed by atoms with Crippen molar-refractivity contribution in [1.29, 1.82) is 0 Å². The third-order valence-electron chi connectivity index (χ3n) is 5.60. The Kier molecular flexibility index (Phi) is 6.06. The van der Waals surface area contributed by atoms with Gasteiger partial charge in [-0.2, -0.15) is 0 Å².